The number of phosphoric acid groups is 1. The molecule has 2 atom stereocenters. The topological polar surface area (TPSA) is 134 Å². The van der Waals surface area contributed by atoms with Crippen molar-refractivity contribution in [3.63, 3.8) is 0 Å². The molecule has 9 nitrogen and oxygen atoms in total. The predicted octanol–water partition coefficient (Wildman–Crippen LogP) is 17.3. The van der Waals surface area contributed by atoms with Gasteiger partial charge < -0.3 is 20.1 Å². The highest BCUT2D eigenvalue weighted by Gasteiger charge is 2.26. The number of phosphoric ester groups is 1. The van der Waals surface area contributed by atoms with E-state index in [1.807, 2.05) is 0 Å². The van der Waals surface area contributed by atoms with Crippen LogP contribution in [0.25, 0.3) is 0 Å². The molecule has 2 unspecified atom stereocenters. The number of allylic oxidation sites excluding steroid dienone is 2. The molecule has 0 aromatic heterocycles. The van der Waals surface area contributed by atoms with Crippen LogP contribution in [0.2, 0.25) is 0 Å². The van der Waals surface area contributed by atoms with E-state index in [9.17, 15) is 19.0 Å². The minimum Gasteiger partial charge on any atom is -0.462 e. The fourth-order valence-corrected chi connectivity index (χ4v) is 9.22. The summed E-state index contributed by atoms with van der Waals surface area (Å²) in [7, 11) is -4.37. The monoisotopic (exact) mass is 942 g/mol. The van der Waals surface area contributed by atoms with Gasteiger partial charge >= 0.3 is 19.8 Å². The molecule has 0 fully saturated rings. The number of ether oxygens (including phenoxy) is 2. The van der Waals surface area contributed by atoms with Crippen molar-refractivity contribution >= 4 is 19.8 Å². The van der Waals surface area contributed by atoms with Crippen molar-refractivity contribution in [1.29, 1.82) is 0 Å². The normalized spacial score (nSPS) is 13.1. The second-order valence-electron chi connectivity index (χ2n) is 19.2. The predicted molar refractivity (Wildman–Crippen MR) is 275 cm³/mol. The van der Waals surface area contributed by atoms with Gasteiger partial charge in [0.2, 0.25) is 0 Å². The van der Waals surface area contributed by atoms with Gasteiger partial charge in [0.25, 0.3) is 0 Å². The first-order valence-electron chi connectivity index (χ1n) is 28.2. The molecule has 10 heteroatoms. The average Bonchev–Trinajstić information content (AvgIpc) is 3.30. The maximum atomic E-state index is 12.6. The summed E-state index contributed by atoms with van der Waals surface area (Å²) >= 11 is 0. The highest BCUT2D eigenvalue weighted by atomic mass is 31.2. The molecule has 0 aliphatic rings. The standard InChI is InChI=1S/C55H108NO8P/c1-3-5-7-9-11-13-14-15-16-17-18-19-20-21-22-23-24-25-26-27-28-29-30-31-32-33-34-35-36-37-38-40-42-44-46-48-55(58)64-53(52-63-65(59,60)62-50-49-56)51-61-54(57)47-45-43-41-39-12-10-8-6-4-2/h17-18,53H,3-16,19-52,56H2,1-2H3,(H,59,60)/b18-17-. The lowest BCUT2D eigenvalue weighted by molar-refractivity contribution is -0.161. The Morgan fingerprint density at radius 3 is 1.09 bits per heavy atom. The van der Waals surface area contributed by atoms with Crippen LogP contribution in [0.15, 0.2) is 12.2 Å². The Labute approximate surface area is 402 Å². The molecule has 0 bridgehead atoms. The van der Waals surface area contributed by atoms with Crippen LogP contribution in [0.1, 0.15) is 296 Å². The molecule has 0 aromatic carbocycles. The molecule has 0 radical (unpaired) electrons. The van der Waals surface area contributed by atoms with Gasteiger partial charge in [-0.05, 0) is 38.5 Å². The average molecular weight is 942 g/mol. The van der Waals surface area contributed by atoms with Crippen molar-refractivity contribution in [2.24, 2.45) is 5.73 Å². The van der Waals surface area contributed by atoms with E-state index in [1.54, 1.807) is 0 Å². The number of nitrogens with two attached hydrogens (primary N) is 1. The molecule has 0 aromatic rings. The van der Waals surface area contributed by atoms with E-state index >= 15 is 0 Å². The Morgan fingerprint density at radius 1 is 0.446 bits per heavy atom. The number of carbonyl (C=O) groups excluding carboxylic acids is 2. The van der Waals surface area contributed by atoms with E-state index in [1.165, 1.54) is 231 Å². The second kappa shape index (κ2) is 52.1. The van der Waals surface area contributed by atoms with Crippen LogP contribution in [0, 0.1) is 0 Å². The van der Waals surface area contributed by atoms with Crippen molar-refractivity contribution in [3.05, 3.63) is 12.2 Å². The summed E-state index contributed by atoms with van der Waals surface area (Å²) in [5.74, 6) is -0.815. The number of esters is 2. The molecule has 65 heavy (non-hydrogen) atoms. The molecule has 0 aliphatic carbocycles. The van der Waals surface area contributed by atoms with Gasteiger partial charge in [-0.3, -0.25) is 18.6 Å². The summed E-state index contributed by atoms with van der Waals surface area (Å²) in [5.41, 5.74) is 5.36. The van der Waals surface area contributed by atoms with Crippen molar-refractivity contribution in [3.8, 4) is 0 Å². The Morgan fingerprint density at radius 2 is 0.754 bits per heavy atom. The van der Waals surface area contributed by atoms with E-state index in [0.29, 0.717) is 6.42 Å². The lowest BCUT2D eigenvalue weighted by atomic mass is 10.0. The zero-order valence-corrected chi connectivity index (χ0v) is 43.9. The quantitative estimate of drug-likeness (QED) is 0.0264. The van der Waals surface area contributed by atoms with Gasteiger partial charge in [0.1, 0.15) is 6.61 Å². The molecule has 3 N–H and O–H groups in total. The molecule has 0 heterocycles. The third-order valence-electron chi connectivity index (χ3n) is 12.7. The summed E-state index contributed by atoms with van der Waals surface area (Å²) in [6.45, 7) is 3.76. The van der Waals surface area contributed by atoms with Gasteiger partial charge in [-0.25, -0.2) is 4.57 Å². The fraction of sp³-hybridized carbons (Fsp3) is 0.927. The number of carbonyl (C=O) groups is 2. The number of unbranched alkanes of at least 4 members (excludes halogenated alkanes) is 39. The van der Waals surface area contributed by atoms with Crippen LogP contribution < -0.4 is 5.73 Å². The van der Waals surface area contributed by atoms with Crippen molar-refractivity contribution < 1.29 is 37.6 Å². The first kappa shape index (κ1) is 63.8. The van der Waals surface area contributed by atoms with Crippen molar-refractivity contribution in [2.45, 2.75) is 302 Å². The highest BCUT2D eigenvalue weighted by Crippen LogP contribution is 2.43. The van der Waals surface area contributed by atoms with E-state index in [0.717, 1.165) is 32.1 Å². The Bertz CT molecular complexity index is 1070. The van der Waals surface area contributed by atoms with Gasteiger partial charge in [-0.15, -0.1) is 0 Å². The van der Waals surface area contributed by atoms with Gasteiger partial charge in [-0.2, -0.15) is 0 Å². The van der Waals surface area contributed by atoms with Crippen molar-refractivity contribution in [1.82, 2.24) is 0 Å². The lowest BCUT2D eigenvalue weighted by Crippen LogP contribution is -2.29. The summed E-state index contributed by atoms with van der Waals surface area (Å²) in [6, 6.07) is 0. The van der Waals surface area contributed by atoms with Crippen LogP contribution in [0.5, 0.6) is 0 Å². The molecular formula is C55H108NO8P. The first-order valence-corrected chi connectivity index (χ1v) is 29.7. The van der Waals surface area contributed by atoms with E-state index in [-0.39, 0.29) is 38.6 Å². The molecule has 0 saturated carbocycles. The third-order valence-corrected chi connectivity index (χ3v) is 13.6. The van der Waals surface area contributed by atoms with E-state index in [4.69, 9.17) is 24.3 Å². The van der Waals surface area contributed by atoms with Crippen molar-refractivity contribution in [2.75, 3.05) is 26.4 Å². The van der Waals surface area contributed by atoms with E-state index in [2.05, 4.69) is 26.0 Å². The summed E-state index contributed by atoms with van der Waals surface area (Å²) in [4.78, 5) is 34.9. The molecule has 0 saturated heterocycles. The van der Waals surface area contributed by atoms with Gasteiger partial charge in [-0.1, -0.05) is 257 Å². The Hall–Kier alpha value is -1.25. The van der Waals surface area contributed by atoms with Gasteiger partial charge in [0.15, 0.2) is 6.10 Å². The largest absolute Gasteiger partial charge is 0.472 e. The van der Waals surface area contributed by atoms with Crippen LogP contribution in [0.4, 0.5) is 0 Å². The Balaban J connectivity index is 3.71. The number of hydrogen-bond acceptors (Lipinski definition) is 8. The molecule has 0 rings (SSSR count). The minimum atomic E-state index is -4.37. The summed E-state index contributed by atoms with van der Waals surface area (Å²) < 4.78 is 32.8. The smallest absolute Gasteiger partial charge is 0.462 e. The molecule has 386 valence electrons. The molecular weight excluding hydrogens is 834 g/mol. The zero-order chi connectivity index (χ0) is 47.4. The highest BCUT2D eigenvalue weighted by molar-refractivity contribution is 7.47. The maximum Gasteiger partial charge on any atom is 0.472 e. The third kappa shape index (κ3) is 52.0. The van der Waals surface area contributed by atoms with Crippen LogP contribution in [0.3, 0.4) is 0 Å². The van der Waals surface area contributed by atoms with Crippen LogP contribution in [-0.4, -0.2) is 49.3 Å². The second-order valence-corrected chi connectivity index (χ2v) is 20.6. The van der Waals surface area contributed by atoms with Crippen LogP contribution >= 0.6 is 7.82 Å². The summed E-state index contributed by atoms with van der Waals surface area (Å²) in [6.07, 6.45) is 58.8. The van der Waals surface area contributed by atoms with Gasteiger partial charge in [0, 0.05) is 19.4 Å². The lowest BCUT2D eigenvalue weighted by Gasteiger charge is -2.19. The number of hydrogen-bond donors (Lipinski definition) is 2. The molecule has 0 spiro atoms. The summed E-state index contributed by atoms with van der Waals surface area (Å²) in [5, 5.41) is 0. The first-order chi connectivity index (χ1) is 31.8. The minimum absolute atomic E-state index is 0.0573. The zero-order valence-electron chi connectivity index (χ0n) is 43.0. The molecule has 0 amide bonds. The van der Waals surface area contributed by atoms with E-state index < -0.39 is 26.5 Å². The number of rotatable bonds is 54. The fourth-order valence-electron chi connectivity index (χ4n) is 8.46. The maximum absolute atomic E-state index is 12.6. The Kier molecular flexibility index (Phi) is 51.1. The van der Waals surface area contributed by atoms with Crippen LogP contribution in [-0.2, 0) is 32.7 Å². The van der Waals surface area contributed by atoms with Gasteiger partial charge in [0.05, 0.1) is 13.2 Å². The SMILES string of the molecule is CCCCCCCCCC/C=C\CCCCCCCCCCCCCCCCCCCCCCCCCC(=O)OC(COC(=O)CCCCCCCCCCC)COP(=O)(O)OCCN. The molecule has 0 aliphatic heterocycles.